The monoisotopic (exact) mass is 235 g/mol. The first-order valence-electron chi connectivity index (χ1n) is 5.69. The molecule has 15 heavy (non-hydrogen) atoms. The van der Waals surface area contributed by atoms with E-state index in [0.29, 0.717) is 5.92 Å². The Hall–Kier alpha value is -0.0900. The van der Waals surface area contributed by atoms with Crippen molar-refractivity contribution in [2.45, 2.75) is 51.3 Å². The third-order valence-corrected chi connectivity index (χ3v) is 4.73. The molecule has 0 heterocycles. The summed E-state index contributed by atoms with van der Waals surface area (Å²) in [7, 11) is -1.10. The Balaban J connectivity index is 4.37. The molecule has 4 heteroatoms. The van der Waals surface area contributed by atoms with Gasteiger partial charge < -0.3 is 5.32 Å². The zero-order valence-corrected chi connectivity index (χ0v) is 11.4. The molecule has 3 unspecified atom stereocenters. The van der Waals surface area contributed by atoms with Crippen LogP contribution >= 0.6 is 0 Å². The summed E-state index contributed by atoms with van der Waals surface area (Å²) in [5.74, 6) is 0.580. The molecule has 0 radical (unpaired) electrons. The molecule has 0 aromatic rings. The van der Waals surface area contributed by atoms with Gasteiger partial charge >= 0.3 is 0 Å². The van der Waals surface area contributed by atoms with Crippen molar-refractivity contribution >= 4 is 9.84 Å². The lowest BCUT2D eigenvalue weighted by molar-refractivity contribution is 0.390. The van der Waals surface area contributed by atoms with Gasteiger partial charge in [-0.1, -0.05) is 26.7 Å². The van der Waals surface area contributed by atoms with Gasteiger partial charge in [0.1, 0.15) is 0 Å². The Bertz CT molecular complexity index is 262. The molecule has 0 rings (SSSR count). The van der Waals surface area contributed by atoms with Crippen LogP contribution in [0.2, 0.25) is 0 Å². The van der Waals surface area contributed by atoms with E-state index in [9.17, 15) is 8.42 Å². The van der Waals surface area contributed by atoms with Crippen molar-refractivity contribution in [3.05, 3.63) is 0 Å². The Morgan fingerprint density at radius 1 is 1.27 bits per heavy atom. The van der Waals surface area contributed by atoms with Crippen LogP contribution in [0.15, 0.2) is 0 Å². The highest BCUT2D eigenvalue weighted by Gasteiger charge is 2.25. The van der Waals surface area contributed by atoms with E-state index in [0.717, 1.165) is 19.3 Å². The van der Waals surface area contributed by atoms with Crippen LogP contribution in [-0.4, -0.2) is 33.0 Å². The first-order chi connectivity index (χ1) is 6.82. The maximum Gasteiger partial charge on any atom is 0.151 e. The summed E-state index contributed by atoms with van der Waals surface area (Å²) in [6.45, 7) is 6.13. The van der Waals surface area contributed by atoms with Crippen LogP contribution in [0.5, 0.6) is 0 Å². The van der Waals surface area contributed by atoms with E-state index in [2.05, 4.69) is 19.2 Å². The number of sulfone groups is 1. The zero-order chi connectivity index (χ0) is 12.1. The van der Waals surface area contributed by atoms with Gasteiger partial charge in [-0.2, -0.15) is 0 Å². The number of nitrogens with one attached hydrogen (secondary N) is 1. The van der Waals surface area contributed by atoms with Crippen LogP contribution in [0.25, 0.3) is 0 Å². The third-order valence-electron chi connectivity index (χ3n) is 3.05. The summed E-state index contributed by atoms with van der Waals surface area (Å²) in [5.41, 5.74) is 0. The minimum Gasteiger partial charge on any atom is -0.316 e. The quantitative estimate of drug-likeness (QED) is 0.732. The van der Waals surface area contributed by atoms with E-state index in [4.69, 9.17) is 0 Å². The van der Waals surface area contributed by atoms with Crippen LogP contribution in [0.1, 0.15) is 40.0 Å². The van der Waals surface area contributed by atoms with E-state index in [1.165, 1.54) is 6.26 Å². The van der Waals surface area contributed by atoms with Crippen molar-refractivity contribution in [3.63, 3.8) is 0 Å². The molecule has 3 nitrogen and oxygen atoms in total. The molecule has 92 valence electrons. The maximum absolute atomic E-state index is 11.4. The summed E-state index contributed by atoms with van der Waals surface area (Å²) >= 11 is 0. The summed E-state index contributed by atoms with van der Waals surface area (Å²) in [4.78, 5) is 0. The molecule has 0 aliphatic carbocycles. The molecule has 0 saturated carbocycles. The molecule has 0 amide bonds. The van der Waals surface area contributed by atoms with Crippen LogP contribution < -0.4 is 5.32 Å². The standard InChI is InChI=1S/C11H25NO2S/c1-6-7-9(2)8-11(12-4)10(3)15(5,13)14/h9-12H,6-8H2,1-5H3. The van der Waals surface area contributed by atoms with Crippen molar-refractivity contribution in [1.29, 1.82) is 0 Å². The van der Waals surface area contributed by atoms with Gasteiger partial charge in [0, 0.05) is 12.3 Å². The van der Waals surface area contributed by atoms with Gasteiger partial charge in [-0.25, -0.2) is 8.42 Å². The lowest BCUT2D eigenvalue weighted by atomic mass is 9.96. The van der Waals surface area contributed by atoms with Crippen molar-refractivity contribution in [1.82, 2.24) is 5.32 Å². The van der Waals surface area contributed by atoms with E-state index >= 15 is 0 Å². The topological polar surface area (TPSA) is 46.2 Å². The average Bonchev–Trinajstić information content (AvgIpc) is 2.12. The fourth-order valence-electron chi connectivity index (χ4n) is 1.89. The van der Waals surface area contributed by atoms with Gasteiger partial charge in [-0.05, 0) is 26.3 Å². The molecule has 0 fully saturated rings. The lowest BCUT2D eigenvalue weighted by Gasteiger charge is -2.25. The van der Waals surface area contributed by atoms with Gasteiger partial charge in [-0.15, -0.1) is 0 Å². The van der Waals surface area contributed by atoms with Gasteiger partial charge in [0.15, 0.2) is 9.84 Å². The molecule has 1 N–H and O–H groups in total. The average molecular weight is 235 g/mol. The summed E-state index contributed by atoms with van der Waals surface area (Å²) in [6, 6.07) is 0.0709. The predicted molar refractivity (Wildman–Crippen MR) is 65.8 cm³/mol. The van der Waals surface area contributed by atoms with E-state index in [1.807, 2.05) is 7.05 Å². The van der Waals surface area contributed by atoms with Crippen LogP contribution in [0.3, 0.4) is 0 Å². The molecule has 0 spiro atoms. The van der Waals surface area contributed by atoms with E-state index in [1.54, 1.807) is 6.92 Å². The van der Waals surface area contributed by atoms with Crippen molar-refractivity contribution in [2.24, 2.45) is 5.92 Å². The number of hydrogen-bond donors (Lipinski definition) is 1. The van der Waals surface area contributed by atoms with Gasteiger partial charge in [0.05, 0.1) is 5.25 Å². The predicted octanol–water partition coefficient (Wildman–Crippen LogP) is 1.83. The van der Waals surface area contributed by atoms with Gasteiger partial charge in [0.2, 0.25) is 0 Å². The molecule has 0 aliphatic heterocycles. The third kappa shape index (κ3) is 5.52. The first-order valence-corrected chi connectivity index (χ1v) is 7.64. The van der Waals surface area contributed by atoms with Crippen LogP contribution in [0, 0.1) is 5.92 Å². The lowest BCUT2D eigenvalue weighted by Crippen LogP contribution is -2.41. The molecule has 0 saturated heterocycles. The highest BCUT2D eigenvalue weighted by Crippen LogP contribution is 2.17. The van der Waals surface area contributed by atoms with E-state index in [-0.39, 0.29) is 11.3 Å². The Morgan fingerprint density at radius 3 is 2.13 bits per heavy atom. The van der Waals surface area contributed by atoms with Crippen molar-refractivity contribution in [3.8, 4) is 0 Å². The molecule has 3 atom stereocenters. The summed E-state index contributed by atoms with van der Waals surface area (Å²) in [6.07, 6.45) is 4.56. The highest BCUT2D eigenvalue weighted by atomic mass is 32.2. The summed E-state index contributed by atoms with van der Waals surface area (Å²) in [5, 5.41) is 2.81. The molecule has 0 bridgehead atoms. The second kappa shape index (κ2) is 6.48. The number of rotatable bonds is 7. The smallest absolute Gasteiger partial charge is 0.151 e. The second-order valence-electron chi connectivity index (χ2n) is 4.56. The highest BCUT2D eigenvalue weighted by molar-refractivity contribution is 7.91. The molecular weight excluding hydrogens is 210 g/mol. The minimum atomic E-state index is -2.94. The Morgan fingerprint density at radius 2 is 1.80 bits per heavy atom. The second-order valence-corrected chi connectivity index (χ2v) is 6.96. The first kappa shape index (κ1) is 14.9. The van der Waals surface area contributed by atoms with Crippen molar-refractivity contribution < 1.29 is 8.42 Å². The number of hydrogen-bond acceptors (Lipinski definition) is 3. The molecule has 0 aliphatic rings. The molecular formula is C11H25NO2S. The Labute approximate surface area is 94.6 Å². The van der Waals surface area contributed by atoms with Crippen molar-refractivity contribution in [2.75, 3.05) is 13.3 Å². The Kier molecular flexibility index (Phi) is 6.44. The van der Waals surface area contributed by atoms with Gasteiger partial charge in [-0.3, -0.25) is 0 Å². The van der Waals surface area contributed by atoms with Crippen LogP contribution in [-0.2, 0) is 9.84 Å². The fraction of sp³-hybridized carbons (Fsp3) is 1.00. The van der Waals surface area contributed by atoms with Crippen LogP contribution in [0.4, 0.5) is 0 Å². The normalized spacial score (nSPS) is 18.5. The maximum atomic E-state index is 11.4. The SMILES string of the molecule is CCCC(C)CC(NC)C(C)S(C)(=O)=O. The minimum absolute atomic E-state index is 0.0709. The zero-order valence-electron chi connectivity index (χ0n) is 10.6. The molecule has 0 aromatic carbocycles. The fourth-order valence-corrected chi connectivity index (χ4v) is 2.73. The molecule has 0 aromatic heterocycles. The summed E-state index contributed by atoms with van der Waals surface area (Å²) < 4.78 is 22.9. The largest absolute Gasteiger partial charge is 0.316 e. The van der Waals surface area contributed by atoms with Gasteiger partial charge in [0.25, 0.3) is 0 Å². The van der Waals surface area contributed by atoms with E-state index < -0.39 is 9.84 Å².